The summed E-state index contributed by atoms with van der Waals surface area (Å²) in [6.45, 7) is 5.01. The number of aromatic nitrogens is 2. The number of carbonyl (C=O) groups is 1. The molecule has 0 fully saturated rings. The second-order valence-corrected chi connectivity index (χ2v) is 6.90. The van der Waals surface area contributed by atoms with Gasteiger partial charge in [-0.25, -0.2) is 0 Å². The van der Waals surface area contributed by atoms with Gasteiger partial charge in [0.05, 0.1) is 17.8 Å². The van der Waals surface area contributed by atoms with Crippen molar-refractivity contribution in [3.8, 4) is 0 Å². The first-order valence-electron chi connectivity index (χ1n) is 8.81. The summed E-state index contributed by atoms with van der Waals surface area (Å²) in [6.07, 6.45) is 1.80. The molecule has 0 aliphatic rings. The number of amides is 1. The number of nitrogens with zero attached hydrogens (tertiary/aromatic N) is 2. The van der Waals surface area contributed by atoms with E-state index in [2.05, 4.69) is 41.6 Å². The number of benzene rings is 2. The lowest BCUT2D eigenvalue weighted by atomic mass is 10.00. The van der Waals surface area contributed by atoms with Crippen molar-refractivity contribution < 1.29 is 4.79 Å². The zero-order chi connectivity index (χ0) is 18.3. The Morgan fingerprint density at radius 1 is 1.08 bits per heavy atom. The average molecular weight is 343 g/mol. The van der Waals surface area contributed by atoms with Gasteiger partial charge in [-0.2, -0.15) is 0 Å². The van der Waals surface area contributed by atoms with Gasteiger partial charge in [-0.15, -0.1) is 0 Å². The first-order chi connectivity index (χ1) is 12.6. The van der Waals surface area contributed by atoms with Crippen LogP contribution >= 0.6 is 0 Å². The predicted octanol–water partition coefficient (Wildman–Crippen LogP) is 4.46. The first kappa shape index (κ1) is 16.3. The second-order valence-electron chi connectivity index (χ2n) is 6.90. The van der Waals surface area contributed by atoms with Gasteiger partial charge in [-0.1, -0.05) is 38.1 Å². The number of hydrogen-bond acceptors (Lipinski definition) is 2. The van der Waals surface area contributed by atoms with E-state index in [9.17, 15) is 4.79 Å². The Morgan fingerprint density at radius 2 is 1.92 bits per heavy atom. The molecule has 0 atom stereocenters. The summed E-state index contributed by atoms with van der Waals surface area (Å²) in [5.41, 5.74) is 10.6. The van der Waals surface area contributed by atoms with Crippen LogP contribution in [0.1, 0.15) is 41.4 Å². The minimum Gasteiger partial charge on any atom is -0.366 e. The lowest BCUT2D eigenvalue weighted by Crippen LogP contribution is -2.11. The Morgan fingerprint density at radius 3 is 2.62 bits per heavy atom. The highest BCUT2D eigenvalue weighted by Gasteiger charge is 2.17. The number of pyridine rings is 1. The minimum absolute atomic E-state index is 0.402. The molecule has 0 aliphatic carbocycles. The normalized spacial score (nSPS) is 11.5. The fourth-order valence-electron chi connectivity index (χ4n) is 3.55. The summed E-state index contributed by atoms with van der Waals surface area (Å²) in [5.74, 6) is 0.0248. The largest absolute Gasteiger partial charge is 0.366 e. The van der Waals surface area contributed by atoms with Gasteiger partial charge < -0.3 is 10.3 Å². The third kappa shape index (κ3) is 2.64. The average Bonchev–Trinajstić information content (AvgIpc) is 2.96. The first-order valence-corrected chi connectivity index (χ1v) is 8.81. The molecule has 4 aromatic rings. The van der Waals surface area contributed by atoms with Crippen molar-refractivity contribution in [3.63, 3.8) is 0 Å². The fourth-order valence-corrected chi connectivity index (χ4v) is 3.55. The molecule has 130 valence electrons. The monoisotopic (exact) mass is 343 g/mol. The Hall–Kier alpha value is -3.14. The van der Waals surface area contributed by atoms with Crippen molar-refractivity contribution in [2.75, 3.05) is 0 Å². The third-order valence-corrected chi connectivity index (χ3v) is 4.89. The van der Waals surface area contributed by atoms with E-state index < -0.39 is 5.91 Å². The predicted molar refractivity (Wildman–Crippen MR) is 105 cm³/mol. The zero-order valence-electron chi connectivity index (χ0n) is 14.9. The molecule has 0 spiro atoms. The molecule has 0 unspecified atom stereocenters. The maximum Gasteiger partial charge on any atom is 0.249 e. The molecule has 4 nitrogen and oxygen atoms in total. The molecule has 2 aromatic carbocycles. The van der Waals surface area contributed by atoms with E-state index in [4.69, 9.17) is 5.73 Å². The Kier molecular flexibility index (Phi) is 3.96. The van der Waals surface area contributed by atoms with Crippen molar-refractivity contribution in [2.45, 2.75) is 26.3 Å². The summed E-state index contributed by atoms with van der Waals surface area (Å²) < 4.78 is 2.23. The second kappa shape index (κ2) is 6.30. The van der Waals surface area contributed by atoms with Gasteiger partial charge in [-0.05, 0) is 41.8 Å². The molecule has 2 heterocycles. The van der Waals surface area contributed by atoms with Crippen LogP contribution in [0, 0.1) is 0 Å². The lowest BCUT2D eigenvalue weighted by Gasteiger charge is -2.09. The van der Waals surface area contributed by atoms with Gasteiger partial charge >= 0.3 is 0 Å². The molecule has 1 amide bonds. The maximum absolute atomic E-state index is 12.0. The van der Waals surface area contributed by atoms with E-state index in [-0.39, 0.29) is 0 Å². The molecule has 4 heteroatoms. The van der Waals surface area contributed by atoms with Gasteiger partial charge in [0.1, 0.15) is 0 Å². The number of primary amides is 1. The van der Waals surface area contributed by atoms with E-state index in [0.717, 1.165) is 27.5 Å². The smallest absolute Gasteiger partial charge is 0.249 e. The summed E-state index contributed by atoms with van der Waals surface area (Å²) in [4.78, 5) is 16.5. The molecule has 26 heavy (non-hydrogen) atoms. The molecule has 4 rings (SSSR count). The SMILES string of the molecule is CC(C)c1ccc2c3c(C(N)=O)cccc3n(Cc3ccccn3)c2c1. The van der Waals surface area contributed by atoms with E-state index in [0.29, 0.717) is 18.0 Å². The van der Waals surface area contributed by atoms with Crippen molar-refractivity contribution in [2.24, 2.45) is 5.73 Å². The number of carbonyl (C=O) groups excluding carboxylic acids is 1. The summed E-state index contributed by atoms with van der Waals surface area (Å²) >= 11 is 0. The van der Waals surface area contributed by atoms with Crippen LogP contribution < -0.4 is 5.73 Å². The van der Waals surface area contributed by atoms with E-state index in [1.165, 1.54) is 5.56 Å². The van der Waals surface area contributed by atoms with Crippen LogP contribution in [0.15, 0.2) is 60.8 Å². The summed E-state index contributed by atoms with van der Waals surface area (Å²) in [6, 6.07) is 18.1. The van der Waals surface area contributed by atoms with Gasteiger partial charge in [-0.3, -0.25) is 9.78 Å². The van der Waals surface area contributed by atoms with Crippen LogP contribution in [0.3, 0.4) is 0 Å². The van der Waals surface area contributed by atoms with Gasteiger partial charge in [0.15, 0.2) is 0 Å². The maximum atomic E-state index is 12.0. The molecule has 0 radical (unpaired) electrons. The van der Waals surface area contributed by atoms with Crippen LogP contribution in [0.25, 0.3) is 21.8 Å². The Labute approximate surface area is 152 Å². The molecular weight excluding hydrogens is 322 g/mol. The van der Waals surface area contributed by atoms with Crippen molar-refractivity contribution in [3.05, 3.63) is 77.6 Å². The molecular formula is C22H21N3O. The van der Waals surface area contributed by atoms with E-state index >= 15 is 0 Å². The number of fused-ring (bicyclic) bond motifs is 3. The molecule has 2 aromatic heterocycles. The summed E-state index contributed by atoms with van der Waals surface area (Å²) in [7, 11) is 0. The van der Waals surface area contributed by atoms with Crippen molar-refractivity contribution in [1.82, 2.24) is 9.55 Å². The topological polar surface area (TPSA) is 60.9 Å². The standard InChI is InChI=1S/C22H21N3O/c1-14(2)15-9-10-17-20(12-15)25(13-16-6-3-4-11-24-16)19-8-5-7-18(21(17)19)22(23)26/h3-12,14H,13H2,1-2H3,(H2,23,26). The van der Waals surface area contributed by atoms with Crippen molar-refractivity contribution in [1.29, 1.82) is 0 Å². The summed E-state index contributed by atoms with van der Waals surface area (Å²) in [5, 5.41) is 1.97. The zero-order valence-corrected chi connectivity index (χ0v) is 14.9. The van der Waals surface area contributed by atoms with E-state index in [1.807, 2.05) is 30.3 Å². The highest BCUT2D eigenvalue weighted by molar-refractivity contribution is 6.18. The fraction of sp³-hybridized carbons (Fsp3) is 0.182. The van der Waals surface area contributed by atoms with Crippen LogP contribution in [0.4, 0.5) is 0 Å². The minimum atomic E-state index is -0.402. The lowest BCUT2D eigenvalue weighted by molar-refractivity contribution is 0.100. The number of nitrogens with two attached hydrogens (primary N) is 1. The molecule has 0 aliphatic heterocycles. The van der Waals surface area contributed by atoms with Gasteiger partial charge in [0.2, 0.25) is 5.91 Å². The van der Waals surface area contributed by atoms with E-state index in [1.54, 1.807) is 12.3 Å². The van der Waals surface area contributed by atoms with Crippen LogP contribution in [-0.4, -0.2) is 15.5 Å². The Bertz CT molecular complexity index is 1110. The highest BCUT2D eigenvalue weighted by atomic mass is 16.1. The van der Waals surface area contributed by atoms with Gasteiger partial charge in [0, 0.05) is 28.0 Å². The van der Waals surface area contributed by atoms with Crippen LogP contribution in [-0.2, 0) is 6.54 Å². The van der Waals surface area contributed by atoms with Crippen molar-refractivity contribution >= 4 is 27.7 Å². The molecule has 0 saturated heterocycles. The molecule has 2 N–H and O–H groups in total. The van der Waals surface area contributed by atoms with Crippen LogP contribution in [0.5, 0.6) is 0 Å². The Balaban J connectivity index is 2.07. The quantitative estimate of drug-likeness (QED) is 0.595. The van der Waals surface area contributed by atoms with Crippen LogP contribution in [0.2, 0.25) is 0 Å². The number of rotatable bonds is 4. The molecule has 0 bridgehead atoms. The third-order valence-electron chi connectivity index (χ3n) is 4.89. The molecule has 0 saturated carbocycles. The van der Waals surface area contributed by atoms with Gasteiger partial charge in [0.25, 0.3) is 0 Å². The highest BCUT2D eigenvalue weighted by Crippen LogP contribution is 2.34. The number of hydrogen-bond donors (Lipinski definition) is 1.